The summed E-state index contributed by atoms with van der Waals surface area (Å²) in [4.78, 5) is 8.70. The molecule has 0 atom stereocenters. The third kappa shape index (κ3) is 5.53. The summed E-state index contributed by atoms with van der Waals surface area (Å²) in [6.07, 6.45) is 2.78. The van der Waals surface area contributed by atoms with E-state index in [1.807, 2.05) is 19.1 Å². The predicted octanol–water partition coefficient (Wildman–Crippen LogP) is 5.56. The van der Waals surface area contributed by atoms with Gasteiger partial charge in [0.05, 0.1) is 10.0 Å². The van der Waals surface area contributed by atoms with Gasteiger partial charge in [0.15, 0.2) is 10.3 Å². The number of benzene rings is 2. The Bertz CT molecular complexity index is 863. The summed E-state index contributed by atoms with van der Waals surface area (Å²) < 4.78 is 0. The predicted molar refractivity (Wildman–Crippen MR) is 114 cm³/mol. The molecule has 2 aromatic rings. The van der Waals surface area contributed by atoms with Gasteiger partial charge in [-0.1, -0.05) is 53.5 Å². The highest BCUT2D eigenvalue weighted by atomic mass is 35.5. The van der Waals surface area contributed by atoms with Gasteiger partial charge in [-0.05, 0) is 48.9 Å². The van der Waals surface area contributed by atoms with E-state index in [2.05, 4.69) is 44.9 Å². The van der Waals surface area contributed by atoms with Crippen molar-refractivity contribution in [2.75, 3.05) is 11.9 Å². The van der Waals surface area contributed by atoms with E-state index < -0.39 is 0 Å². The van der Waals surface area contributed by atoms with Crippen molar-refractivity contribution in [3.63, 3.8) is 0 Å². The topological polar surface area (TPSA) is 48.8 Å². The Kier molecular flexibility index (Phi) is 6.61. The van der Waals surface area contributed by atoms with Crippen LogP contribution in [0.1, 0.15) is 12.5 Å². The molecule has 0 unspecified atom stereocenters. The molecule has 3 rings (SSSR count). The molecule has 1 aliphatic rings. The van der Waals surface area contributed by atoms with E-state index in [1.165, 1.54) is 17.3 Å². The largest absolute Gasteiger partial charge is 0.387 e. The Hall–Kier alpha value is -1.95. The van der Waals surface area contributed by atoms with Crippen LogP contribution in [0.5, 0.6) is 0 Å². The van der Waals surface area contributed by atoms with Gasteiger partial charge in [-0.2, -0.15) is 4.99 Å². The molecule has 1 aliphatic heterocycles. The SMILES string of the molecule is CC(=CN=C1N=C(Nc2ccc(Cl)c(Cl)c2)S1)NCCc1ccccc1. The lowest BCUT2D eigenvalue weighted by Crippen LogP contribution is -2.19. The first-order chi connectivity index (χ1) is 12.6. The van der Waals surface area contributed by atoms with E-state index >= 15 is 0 Å². The van der Waals surface area contributed by atoms with Gasteiger partial charge < -0.3 is 10.6 Å². The van der Waals surface area contributed by atoms with Gasteiger partial charge in [-0.15, -0.1) is 0 Å². The zero-order valence-corrected chi connectivity index (χ0v) is 16.5. The van der Waals surface area contributed by atoms with Gasteiger partial charge in [0.2, 0.25) is 0 Å². The summed E-state index contributed by atoms with van der Waals surface area (Å²) in [7, 11) is 0. The Morgan fingerprint density at radius 3 is 2.65 bits per heavy atom. The second-order valence-electron chi connectivity index (χ2n) is 5.66. The first-order valence-electron chi connectivity index (χ1n) is 8.11. The van der Waals surface area contributed by atoms with Crippen molar-refractivity contribution < 1.29 is 0 Å². The number of halogens is 2. The Labute approximate surface area is 167 Å². The van der Waals surface area contributed by atoms with E-state index in [0.29, 0.717) is 10.0 Å². The van der Waals surface area contributed by atoms with Crippen LogP contribution in [0.15, 0.2) is 70.4 Å². The fourth-order valence-electron chi connectivity index (χ4n) is 2.23. The van der Waals surface area contributed by atoms with Crippen LogP contribution in [-0.2, 0) is 6.42 Å². The summed E-state index contributed by atoms with van der Waals surface area (Å²) in [6, 6.07) is 15.8. The lowest BCUT2D eigenvalue weighted by molar-refractivity contribution is 0.785. The van der Waals surface area contributed by atoms with Gasteiger partial charge in [-0.25, -0.2) is 4.99 Å². The highest BCUT2D eigenvalue weighted by Crippen LogP contribution is 2.27. The summed E-state index contributed by atoms with van der Waals surface area (Å²) >= 11 is 13.4. The lowest BCUT2D eigenvalue weighted by Gasteiger charge is -2.16. The van der Waals surface area contributed by atoms with Gasteiger partial charge in [0, 0.05) is 24.1 Å². The molecule has 134 valence electrons. The maximum absolute atomic E-state index is 6.00. The second kappa shape index (κ2) is 9.12. The number of thioether (sulfide) groups is 1. The van der Waals surface area contributed by atoms with Gasteiger partial charge in [-0.3, -0.25) is 0 Å². The normalized spacial score (nSPS) is 15.4. The number of nitrogens with one attached hydrogen (secondary N) is 2. The first-order valence-corrected chi connectivity index (χ1v) is 9.68. The standard InChI is InChI=1S/C19H18Cl2N4S/c1-13(22-10-9-14-5-3-2-4-6-14)12-23-18-25-19(26-18)24-15-7-8-16(20)17(21)11-15/h2-8,11-12,22H,9-10H2,1H3,(H,23,24,25). The minimum Gasteiger partial charge on any atom is -0.387 e. The van der Waals surface area contributed by atoms with Crippen LogP contribution in [0, 0.1) is 0 Å². The molecule has 2 N–H and O–H groups in total. The average Bonchev–Trinajstić information content (AvgIpc) is 2.61. The molecule has 0 radical (unpaired) electrons. The van der Waals surface area contributed by atoms with Crippen LogP contribution >= 0.6 is 35.0 Å². The molecular weight excluding hydrogens is 387 g/mol. The maximum atomic E-state index is 6.00. The Morgan fingerprint density at radius 1 is 1.15 bits per heavy atom. The third-order valence-corrected chi connectivity index (χ3v) is 5.09. The number of rotatable bonds is 6. The summed E-state index contributed by atoms with van der Waals surface area (Å²) in [6.45, 7) is 2.87. The number of hydrogen-bond donors (Lipinski definition) is 2. The molecule has 0 amide bonds. The average molecular weight is 405 g/mol. The van der Waals surface area contributed by atoms with Crippen LogP contribution in [0.4, 0.5) is 5.69 Å². The minimum atomic E-state index is 0.510. The van der Waals surface area contributed by atoms with Crippen molar-refractivity contribution in [2.45, 2.75) is 13.3 Å². The molecule has 0 saturated heterocycles. The van der Waals surface area contributed by atoms with Crippen LogP contribution in [0.25, 0.3) is 0 Å². The molecule has 0 saturated carbocycles. The molecule has 0 spiro atoms. The zero-order valence-electron chi connectivity index (χ0n) is 14.2. The summed E-state index contributed by atoms with van der Waals surface area (Å²) in [5, 5.41) is 9.06. The highest BCUT2D eigenvalue weighted by molar-refractivity contribution is 8.29. The Morgan fingerprint density at radius 2 is 1.92 bits per heavy atom. The number of aliphatic imine (C=N–C) groups is 2. The van der Waals surface area contributed by atoms with E-state index in [9.17, 15) is 0 Å². The van der Waals surface area contributed by atoms with Crippen LogP contribution < -0.4 is 10.6 Å². The number of anilines is 1. The van der Waals surface area contributed by atoms with Gasteiger partial charge in [0.1, 0.15) is 0 Å². The molecule has 1 heterocycles. The fraction of sp³-hybridized carbons (Fsp3) is 0.158. The quantitative estimate of drug-likeness (QED) is 0.662. The van der Waals surface area contributed by atoms with Crippen LogP contribution in [0.3, 0.4) is 0 Å². The molecule has 0 fully saturated rings. The number of allylic oxidation sites excluding steroid dienone is 1. The Balaban J connectivity index is 1.45. The van der Waals surface area contributed by atoms with E-state index in [0.717, 1.165) is 34.7 Å². The van der Waals surface area contributed by atoms with Crippen molar-refractivity contribution in [2.24, 2.45) is 9.98 Å². The maximum Gasteiger partial charge on any atom is 0.197 e. The van der Waals surface area contributed by atoms with E-state index in [4.69, 9.17) is 23.2 Å². The number of nitrogens with zero attached hydrogens (tertiary/aromatic N) is 2. The zero-order chi connectivity index (χ0) is 18.4. The summed E-state index contributed by atoms with van der Waals surface area (Å²) in [5.41, 5.74) is 3.17. The minimum absolute atomic E-state index is 0.510. The van der Waals surface area contributed by atoms with Crippen LogP contribution in [-0.4, -0.2) is 16.9 Å². The summed E-state index contributed by atoms with van der Waals surface area (Å²) in [5.74, 6) is 0. The lowest BCUT2D eigenvalue weighted by atomic mass is 10.1. The van der Waals surface area contributed by atoms with Gasteiger partial charge >= 0.3 is 0 Å². The smallest absolute Gasteiger partial charge is 0.197 e. The molecule has 2 aromatic carbocycles. The second-order valence-corrected chi connectivity index (χ2v) is 7.43. The molecule has 0 aromatic heterocycles. The van der Waals surface area contributed by atoms with Gasteiger partial charge in [0.25, 0.3) is 0 Å². The van der Waals surface area contributed by atoms with Crippen molar-refractivity contribution in [3.8, 4) is 0 Å². The van der Waals surface area contributed by atoms with E-state index in [-0.39, 0.29) is 0 Å². The molecule has 0 aliphatic carbocycles. The van der Waals surface area contributed by atoms with Crippen molar-refractivity contribution in [1.82, 2.24) is 5.32 Å². The molecule has 7 heteroatoms. The first kappa shape index (κ1) is 18.8. The highest BCUT2D eigenvalue weighted by Gasteiger charge is 2.17. The van der Waals surface area contributed by atoms with Crippen LogP contribution in [0.2, 0.25) is 10.0 Å². The third-order valence-electron chi connectivity index (χ3n) is 3.58. The van der Waals surface area contributed by atoms with Crippen molar-refractivity contribution in [3.05, 3.63) is 76.0 Å². The monoisotopic (exact) mass is 404 g/mol. The molecule has 4 nitrogen and oxygen atoms in total. The fourth-order valence-corrected chi connectivity index (χ4v) is 3.11. The molecule has 26 heavy (non-hydrogen) atoms. The number of amidine groups is 2. The van der Waals surface area contributed by atoms with Crippen molar-refractivity contribution >= 4 is 51.0 Å². The number of hydrogen-bond acceptors (Lipinski definition) is 4. The van der Waals surface area contributed by atoms with Crippen molar-refractivity contribution in [1.29, 1.82) is 0 Å². The van der Waals surface area contributed by atoms with E-state index in [1.54, 1.807) is 18.3 Å². The molecule has 0 bridgehead atoms. The molecular formula is C19H18Cl2N4S.